The summed E-state index contributed by atoms with van der Waals surface area (Å²) in [5, 5.41) is 8.59. The molecule has 3 nitrogen and oxygen atoms in total. The van der Waals surface area contributed by atoms with Crippen molar-refractivity contribution in [2.24, 2.45) is 5.92 Å². The molecular formula is C14H18O3S. The minimum absolute atomic E-state index is 0.216. The Morgan fingerprint density at radius 3 is 2.72 bits per heavy atom. The van der Waals surface area contributed by atoms with Crippen molar-refractivity contribution in [1.82, 2.24) is 0 Å². The lowest BCUT2D eigenvalue weighted by atomic mass is 9.97. The normalized spacial score (nSPS) is 24.9. The highest BCUT2D eigenvalue weighted by molar-refractivity contribution is 7.92. The third-order valence-electron chi connectivity index (χ3n) is 3.52. The molecule has 1 aliphatic carbocycles. The van der Waals surface area contributed by atoms with E-state index >= 15 is 0 Å². The van der Waals surface area contributed by atoms with E-state index < -0.39 is 17.1 Å². The molecule has 1 fully saturated rings. The first-order valence-electron chi connectivity index (χ1n) is 6.27. The topological polar surface area (TPSA) is 60.4 Å². The van der Waals surface area contributed by atoms with Crippen LogP contribution < -0.4 is 0 Å². The minimum Gasteiger partial charge on any atom is -0.616 e. The van der Waals surface area contributed by atoms with Gasteiger partial charge in [-0.25, -0.2) is 4.79 Å². The van der Waals surface area contributed by atoms with E-state index in [-0.39, 0.29) is 5.75 Å². The number of benzene rings is 1. The molecule has 1 aromatic carbocycles. The molecule has 18 heavy (non-hydrogen) atoms. The van der Waals surface area contributed by atoms with Gasteiger partial charge in [-0.1, -0.05) is 30.3 Å². The number of hydrogen-bond donors (Lipinski definition) is 1. The molecule has 0 saturated heterocycles. The maximum atomic E-state index is 11.6. The van der Waals surface area contributed by atoms with E-state index in [9.17, 15) is 9.35 Å². The van der Waals surface area contributed by atoms with Gasteiger partial charge in [0.2, 0.25) is 5.75 Å². The number of carboxylic acid groups (broad SMARTS) is 1. The third kappa shape index (κ3) is 3.75. The summed E-state index contributed by atoms with van der Waals surface area (Å²) in [4.78, 5) is 10.5. The Bertz CT molecular complexity index is 393. The Kier molecular flexibility index (Phi) is 4.66. The summed E-state index contributed by atoms with van der Waals surface area (Å²) in [6, 6.07) is 10.4. The van der Waals surface area contributed by atoms with Crippen molar-refractivity contribution in [2.75, 3.05) is 11.5 Å². The average molecular weight is 266 g/mol. The molecule has 3 atom stereocenters. The first kappa shape index (κ1) is 13.4. The summed E-state index contributed by atoms with van der Waals surface area (Å²) < 4.78 is 11.6. The quantitative estimate of drug-likeness (QED) is 0.832. The fourth-order valence-electron chi connectivity index (χ4n) is 2.71. The van der Waals surface area contributed by atoms with Gasteiger partial charge in [0.15, 0.2) is 0 Å². The van der Waals surface area contributed by atoms with Crippen molar-refractivity contribution in [3.05, 3.63) is 35.9 Å². The lowest BCUT2D eigenvalue weighted by Gasteiger charge is -2.14. The average Bonchev–Trinajstić information content (AvgIpc) is 2.77. The van der Waals surface area contributed by atoms with Gasteiger partial charge in [0.1, 0.15) is 5.75 Å². The molecule has 1 aliphatic rings. The van der Waals surface area contributed by atoms with Crippen LogP contribution in [-0.4, -0.2) is 27.1 Å². The summed E-state index contributed by atoms with van der Waals surface area (Å²) >= 11 is -1.21. The molecule has 0 heterocycles. The highest BCUT2D eigenvalue weighted by Crippen LogP contribution is 2.38. The molecule has 0 radical (unpaired) electrons. The molecule has 0 amide bonds. The van der Waals surface area contributed by atoms with Crippen LogP contribution in [0.4, 0.5) is 0 Å². The van der Waals surface area contributed by atoms with Crippen molar-refractivity contribution in [3.63, 3.8) is 0 Å². The smallest absolute Gasteiger partial charge is 0.353 e. The van der Waals surface area contributed by atoms with E-state index in [1.54, 1.807) is 0 Å². The lowest BCUT2D eigenvalue weighted by Crippen LogP contribution is -2.22. The fraction of sp³-hybridized carbons (Fsp3) is 0.500. The molecule has 1 N–H and O–H groups in total. The predicted molar refractivity (Wildman–Crippen MR) is 72.0 cm³/mol. The number of rotatable bonds is 5. The zero-order chi connectivity index (χ0) is 13.0. The lowest BCUT2D eigenvalue weighted by molar-refractivity contribution is -0.134. The van der Waals surface area contributed by atoms with Gasteiger partial charge < -0.3 is 9.66 Å². The number of aliphatic carboxylic acids is 1. The fourth-order valence-corrected chi connectivity index (χ4v) is 3.94. The van der Waals surface area contributed by atoms with Gasteiger partial charge in [-0.15, -0.1) is 0 Å². The van der Waals surface area contributed by atoms with Crippen LogP contribution >= 0.6 is 0 Å². The standard InChI is InChI=1S/C14H18O3S/c15-14(16)10-18(17)9-11-6-7-13(8-11)12-4-2-1-3-5-12/h1-5,11,13H,6-10H2,(H,15,16). The second-order valence-corrected chi connectivity index (χ2v) is 6.43. The first-order valence-corrected chi connectivity index (χ1v) is 7.75. The van der Waals surface area contributed by atoms with Crippen molar-refractivity contribution in [1.29, 1.82) is 0 Å². The van der Waals surface area contributed by atoms with Gasteiger partial charge in [-0.3, -0.25) is 0 Å². The molecule has 3 unspecified atom stereocenters. The van der Waals surface area contributed by atoms with Gasteiger partial charge in [0.25, 0.3) is 0 Å². The molecule has 98 valence electrons. The number of carbonyl (C=O) groups is 1. The van der Waals surface area contributed by atoms with Crippen LogP contribution in [0.2, 0.25) is 0 Å². The first-order chi connectivity index (χ1) is 8.65. The minimum atomic E-state index is -1.21. The summed E-state index contributed by atoms with van der Waals surface area (Å²) in [7, 11) is 0. The highest BCUT2D eigenvalue weighted by Gasteiger charge is 2.29. The van der Waals surface area contributed by atoms with Crippen molar-refractivity contribution < 1.29 is 14.5 Å². The van der Waals surface area contributed by atoms with Gasteiger partial charge in [-0.05, 0) is 41.9 Å². The Balaban J connectivity index is 1.83. The predicted octanol–water partition coefficient (Wildman–Crippen LogP) is 2.40. The zero-order valence-corrected chi connectivity index (χ0v) is 11.1. The van der Waals surface area contributed by atoms with Gasteiger partial charge in [0.05, 0.1) is 0 Å². The molecule has 0 spiro atoms. The van der Waals surface area contributed by atoms with E-state index in [1.807, 2.05) is 18.2 Å². The van der Waals surface area contributed by atoms with Crippen molar-refractivity contribution in [3.8, 4) is 0 Å². The van der Waals surface area contributed by atoms with Crippen LogP contribution in [0.15, 0.2) is 30.3 Å². The molecule has 1 aromatic rings. The second kappa shape index (κ2) is 6.25. The van der Waals surface area contributed by atoms with E-state index in [2.05, 4.69) is 12.1 Å². The van der Waals surface area contributed by atoms with Crippen LogP contribution in [0.25, 0.3) is 0 Å². The monoisotopic (exact) mass is 266 g/mol. The van der Waals surface area contributed by atoms with Crippen LogP contribution in [0, 0.1) is 5.92 Å². The van der Waals surface area contributed by atoms with Crippen LogP contribution in [-0.2, 0) is 16.0 Å². The van der Waals surface area contributed by atoms with E-state index in [0.29, 0.717) is 17.6 Å². The number of hydrogen-bond acceptors (Lipinski definition) is 2. The maximum Gasteiger partial charge on any atom is 0.353 e. The summed E-state index contributed by atoms with van der Waals surface area (Å²) in [5.74, 6) is 0.321. The maximum absolute atomic E-state index is 11.6. The van der Waals surface area contributed by atoms with E-state index in [1.165, 1.54) is 5.56 Å². The van der Waals surface area contributed by atoms with Crippen LogP contribution in [0.1, 0.15) is 30.7 Å². The zero-order valence-electron chi connectivity index (χ0n) is 10.2. The second-order valence-electron chi connectivity index (χ2n) is 4.93. The largest absolute Gasteiger partial charge is 0.616 e. The Morgan fingerprint density at radius 1 is 1.33 bits per heavy atom. The molecule has 4 heteroatoms. The molecule has 0 aromatic heterocycles. The van der Waals surface area contributed by atoms with Crippen molar-refractivity contribution in [2.45, 2.75) is 25.2 Å². The van der Waals surface area contributed by atoms with Crippen molar-refractivity contribution >= 4 is 17.1 Å². The summed E-state index contributed by atoms with van der Waals surface area (Å²) in [5.41, 5.74) is 1.35. The SMILES string of the molecule is O=C(O)C[S+]([O-])CC1CCC(c2ccccc2)C1. The van der Waals surface area contributed by atoms with E-state index in [4.69, 9.17) is 5.11 Å². The number of carboxylic acids is 1. The molecule has 1 saturated carbocycles. The molecule has 0 aliphatic heterocycles. The molecular weight excluding hydrogens is 248 g/mol. The highest BCUT2D eigenvalue weighted by atomic mass is 32.2. The van der Waals surface area contributed by atoms with Gasteiger partial charge in [-0.2, -0.15) is 0 Å². The molecule has 2 rings (SSSR count). The van der Waals surface area contributed by atoms with Gasteiger partial charge >= 0.3 is 5.97 Å². The summed E-state index contributed by atoms with van der Waals surface area (Å²) in [6.07, 6.45) is 3.22. The Labute approximate surface area is 110 Å². The van der Waals surface area contributed by atoms with E-state index in [0.717, 1.165) is 19.3 Å². The molecule has 0 bridgehead atoms. The van der Waals surface area contributed by atoms with Crippen LogP contribution in [0.5, 0.6) is 0 Å². The Hall–Kier alpha value is -1.00. The third-order valence-corrected chi connectivity index (χ3v) is 4.93. The van der Waals surface area contributed by atoms with Crippen LogP contribution in [0.3, 0.4) is 0 Å². The van der Waals surface area contributed by atoms with Gasteiger partial charge in [0, 0.05) is 5.92 Å². The summed E-state index contributed by atoms with van der Waals surface area (Å²) in [6.45, 7) is 0. The Morgan fingerprint density at radius 2 is 2.06 bits per heavy atom.